The zero-order chi connectivity index (χ0) is 18.0. The molecular weight excluding hydrogens is 308 g/mol. The van der Waals surface area contributed by atoms with Gasteiger partial charge in [-0.3, -0.25) is 4.79 Å². The molecule has 5 nitrogen and oxygen atoms in total. The van der Waals surface area contributed by atoms with E-state index < -0.39 is 17.7 Å². The molecule has 1 rings (SSSR count). The Balaban J connectivity index is 2.40. The lowest BCUT2D eigenvalue weighted by Crippen LogP contribution is -2.32. The van der Waals surface area contributed by atoms with Gasteiger partial charge < -0.3 is 14.2 Å². The van der Waals surface area contributed by atoms with E-state index in [1.807, 2.05) is 37.3 Å². The van der Waals surface area contributed by atoms with Crippen LogP contribution in [-0.2, 0) is 25.6 Å². The number of benzene rings is 1. The van der Waals surface area contributed by atoms with Crippen LogP contribution in [0.25, 0.3) is 0 Å². The molecule has 1 aromatic rings. The molecule has 24 heavy (non-hydrogen) atoms. The Kier molecular flexibility index (Phi) is 8.30. The summed E-state index contributed by atoms with van der Waals surface area (Å²) >= 11 is 0. The number of unbranched alkanes of at least 4 members (excludes halogenated alkanes) is 1. The van der Waals surface area contributed by atoms with Crippen LogP contribution in [0.5, 0.6) is 0 Å². The first-order valence-electron chi connectivity index (χ1n) is 8.39. The van der Waals surface area contributed by atoms with Crippen molar-refractivity contribution < 1.29 is 23.8 Å². The fourth-order valence-electron chi connectivity index (χ4n) is 2.26. The maximum atomic E-state index is 12.3. The van der Waals surface area contributed by atoms with Gasteiger partial charge >= 0.3 is 12.1 Å². The molecule has 0 aliphatic heterocycles. The van der Waals surface area contributed by atoms with E-state index in [1.165, 1.54) is 0 Å². The number of carbonyl (C=O) groups is 2. The molecule has 0 aromatic heterocycles. The van der Waals surface area contributed by atoms with Crippen molar-refractivity contribution in [2.75, 3.05) is 6.61 Å². The molecule has 1 aromatic carbocycles. The largest absolute Gasteiger partial charge is 0.508 e. The lowest BCUT2D eigenvalue weighted by Gasteiger charge is -2.25. The van der Waals surface area contributed by atoms with Crippen molar-refractivity contribution >= 4 is 12.1 Å². The Morgan fingerprint density at radius 2 is 1.79 bits per heavy atom. The van der Waals surface area contributed by atoms with E-state index in [9.17, 15) is 9.59 Å². The first-order chi connectivity index (χ1) is 11.3. The van der Waals surface area contributed by atoms with Gasteiger partial charge in [-0.05, 0) is 39.2 Å². The highest BCUT2D eigenvalue weighted by molar-refractivity contribution is 5.76. The van der Waals surface area contributed by atoms with Gasteiger partial charge in [-0.25, -0.2) is 4.79 Å². The average molecular weight is 336 g/mol. The highest BCUT2D eigenvalue weighted by Gasteiger charge is 2.32. The number of hydrogen-bond donors (Lipinski definition) is 0. The van der Waals surface area contributed by atoms with Gasteiger partial charge in [0.1, 0.15) is 12.7 Å². The van der Waals surface area contributed by atoms with Gasteiger partial charge in [0.05, 0.1) is 12.0 Å². The van der Waals surface area contributed by atoms with Crippen LogP contribution in [0.15, 0.2) is 30.3 Å². The van der Waals surface area contributed by atoms with E-state index >= 15 is 0 Å². The lowest BCUT2D eigenvalue weighted by atomic mass is 9.87. The number of esters is 1. The number of ether oxygens (including phenoxy) is 3. The van der Waals surface area contributed by atoms with Crippen molar-refractivity contribution in [2.45, 2.75) is 59.7 Å². The maximum absolute atomic E-state index is 12.3. The predicted octanol–water partition coefficient (Wildman–Crippen LogP) is 4.49. The summed E-state index contributed by atoms with van der Waals surface area (Å²) < 4.78 is 15.5. The van der Waals surface area contributed by atoms with Crippen LogP contribution in [0, 0.1) is 5.41 Å². The first-order valence-corrected chi connectivity index (χ1v) is 8.39. The minimum Gasteiger partial charge on any atom is -0.460 e. The minimum absolute atomic E-state index is 0.234. The molecule has 0 bridgehead atoms. The van der Waals surface area contributed by atoms with Crippen LogP contribution in [0.2, 0.25) is 0 Å². The fourth-order valence-corrected chi connectivity index (χ4v) is 2.26. The molecule has 0 aliphatic rings. The van der Waals surface area contributed by atoms with Gasteiger partial charge in [0.25, 0.3) is 0 Å². The molecule has 0 N–H and O–H groups in total. The number of carbonyl (C=O) groups excluding carboxylic acids is 2. The monoisotopic (exact) mass is 336 g/mol. The second kappa shape index (κ2) is 9.96. The van der Waals surface area contributed by atoms with Crippen molar-refractivity contribution in [3.05, 3.63) is 35.9 Å². The third kappa shape index (κ3) is 7.49. The molecule has 134 valence electrons. The van der Waals surface area contributed by atoms with Crippen LogP contribution in [0.1, 0.15) is 52.5 Å². The normalized spacial score (nSPS) is 12.3. The second-order valence-electron chi connectivity index (χ2n) is 6.53. The van der Waals surface area contributed by atoms with Crippen molar-refractivity contribution in [1.82, 2.24) is 0 Å². The summed E-state index contributed by atoms with van der Waals surface area (Å²) in [5.41, 5.74) is 0.184. The zero-order valence-electron chi connectivity index (χ0n) is 15.0. The van der Waals surface area contributed by atoms with Gasteiger partial charge in [-0.2, -0.15) is 0 Å². The van der Waals surface area contributed by atoms with Gasteiger partial charge in [0, 0.05) is 0 Å². The van der Waals surface area contributed by atoms with E-state index in [1.54, 1.807) is 20.8 Å². The standard InChI is InChI=1S/C19H28O5/c1-5-6-12-22-18(21)24-15(2)13-19(3,4)17(20)23-14-16-10-8-7-9-11-16/h7-11,15H,5-6,12-14H2,1-4H3. The van der Waals surface area contributed by atoms with Crippen LogP contribution in [-0.4, -0.2) is 24.8 Å². The second-order valence-corrected chi connectivity index (χ2v) is 6.53. The van der Waals surface area contributed by atoms with Gasteiger partial charge in [0.15, 0.2) is 0 Å². The summed E-state index contributed by atoms with van der Waals surface area (Å²) in [5.74, 6) is -0.318. The molecule has 1 atom stereocenters. The third-order valence-electron chi connectivity index (χ3n) is 3.58. The highest BCUT2D eigenvalue weighted by Crippen LogP contribution is 2.26. The molecule has 0 saturated heterocycles. The smallest absolute Gasteiger partial charge is 0.460 e. The quantitative estimate of drug-likeness (QED) is 0.491. The molecule has 0 amide bonds. The van der Waals surface area contributed by atoms with E-state index in [2.05, 4.69) is 0 Å². The Morgan fingerprint density at radius 1 is 1.12 bits per heavy atom. The van der Waals surface area contributed by atoms with Crippen molar-refractivity contribution in [3.8, 4) is 0 Å². The lowest BCUT2D eigenvalue weighted by molar-refractivity contribution is -0.157. The Bertz CT molecular complexity index is 510. The van der Waals surface area contributed by atoms with Gasteiger partial charge in [-0.15, -0.1) is 0 Å². The van der Waals surface area contributed by atoms with Gasteiger partial charge in [-0.1, -0.05) is 43.7 Å². The Hall–Kier alpha value is -2.04. The summed E-state index contributed by atoms with van der Waals surface area (Å²) in [6, 6.07) is 9.51. The van der Waals surface area contributed by atoms with E-state index in [0.29, 0.717) is 13.0 Å². The van der Waals surface area contributed by atoms with E-state index in [4.69, 9.17) is 14.2 Å². The van der Waals surface area contributed by atoms with Gasteiger partial charge in [0.2, 0.25) is 0 Å². The number of hydrogen-bond acceptors (Lipinski definition) is 5. The summed E-state index contributed by atoms with van der Waals surface area (Å²) in [6.07, 6.45) is 0.996. The summed E-state index contributed by atoms with van der Waals surface area (Å²) in [6.45, 7) is 7.90. The topological polar surface area (TPSA) is 61.8 Å². The predicted molar refractivity (Wildman–Crippen MR) is 91.4 cm³/mol. The Labute approximate surface area is 144 Å². The minimum atomic E-state index is -0.752. The molecule has 0 heterocycles. The number of rotatable bonds is 9. The zero-order valence-corrected chi connectivity index (χ0v) is 15.0. The Morgan fingerprint density at radius 3 is 2.42 bits per heavy atom. The van der Waals surface area contributed by atoms with Crippen LogP contribution < -0.4 is 0 Å². The van der Waals surface area contributed by atoms with Crippen LogP contribution in [0.3, 0.4) is 0 Å². The molecule has 0 saturated carbocycles. The van der Waals surface area contributed by atoms with Crippen molar-refractivity contribution in [1.29, 1.82) is 0 Å². The molecule has 0 spiro atoms. The molecule has 0 fully saturated rings. The molecular formula is C19H28O5. The summed E-state index contributed by atoms with van der Waals surface area (Å²) in [7, 11) is 0. The van der Waals surface area contributed by atoms with Crippen LogP contribution >= 0.6 is 0 Å². The summed E-state index contributed by atoms with van der Waals surface area (Å²) in [5, 5.41) is 0. The van der Waals surface area contributed by atoms with Crippen molar-refractivity contribution in [2.24, 2.45) is 5.41 Å². The van der Waals surface area contributed by atoms with E-state index in [0.717, 1.165) is 18.4 Å². The summed E-state index contributed by atoms with van der Waals surface area (Å²) in [4.78, 5) is 23.8. The van der Waals surface area contributed by atoms with Crippen LogP contribution in [0.4, 0.5) is 4.79 Å². The molecule has 0 radical (unpaired) electrons. The molecule has 1 unspecified atom stereocenters. The SMILES string of the molecule is CCCCOC(=O)OC(C)CC(C)(C)C(=O)OCc1ccccc1. The first kappa shape index (κ1) is 20.0. The maximum Gasteiger partial charge on any atom is 0.508 e. The highest BCUT2D eigenvalue weighted by atomic mass is 16.7. The molecule has 0 aliphatic carbocycles. The average Bonchev–Trinajstić information content (AvgIpc) is 2.53. The third-order valence-corrected chi connectivity index (χ3v) is 3.58. The van der Waals surface area contributed by atoms with Crippen molar-refractivity contribution in [3.63, 3.8) is 0 Å². The molecule has 5 heteroatoms. The van der Waals surface area contributed by atoms with E-state index in [-0.39, 0.29) is 12.6 Å². The fraction of sp³-hybridized carbons (Fsp3) is 0.579.